The second kappa shape index (κ2) is 6.90. The number of rotatable bonds is 4. The van der Waals surface area contributed by atoms with Crippen molar-refractivity contribution < 1.29 is 0 Å². The second-order valence-electron chi connectivity index (χ2n) is 5.51. The highest BCUT2D eigenvalue weighted by Gasteiger charge is 2.15. The average Bonchev–Trinajstić information content (AvgIpc) is 2.91. The molecule has 2 nitrogen and oxygen atoms in total. The van der Waals surface area contributed by atoms with Crippen LogP contribution in [-0.2, 0) is 0 Å². The largest absolute Gasteiger partial charge is 0.360 e. The topological polar surface area (TPSA) is 24.1 Å². The third-order valence-corrected chi connectivity index (χ3v) is 4.26. The monoisotopic (exact) mass is 276 g/mol. The van der Waals surface area contributed by atoms with Gasteiger partial charge in [0.25, 0.3) is 0 Å². The van der Waals surface area contributed by atoms with Gasteiger partial charge in [-0.25, -0.2) is 0 Å². The van der Waals surface area contributed by atoms with Crippen molar-refractivity contribution in [3.8, 4) is 0 Å². The predicted molar refractivity (Wildman–Crippen MR) is 86.8 cm³/mol. The normalized spacial score (nSPS) is 17.2. The Labute approximate surface area is 122 Å². The van der Waals surface area contributed by atoms with Gasteiger partial charge in [-0.1, -0.05) is 38.8 Å². The molecule has 0 saturated heterocycles. The fraction of sp³-hybridized carbons (Fsp3) is 0.562. The van der Waals surface area contributed by atoms with Crippen molar-refractivity contribution in [3.63, 3.8) is 0 Å². The molecule has 1 saturated carbocycles. The SMILES string of the molecule is CCC(C)c1ccc(NC(=S)NC2CCCC2)cc1. The number of thiocarbonyl (C=S) groups is 1. The summed E-state index contributed by atoms with van der Waals surface area (Å²) in [7, 11) is 0. The summed E-state index contributed by atoms with van der Waals surface area (Å²) in [5.41, 5.74) is 2.46. The summed E-state index contributed by atoms with van der Waals surface area (Å²) in [5, 5.41) is 7.42. The van der Waals surface area contributed by atoms with Crippen LogP contribution in [0, 0.1) is 0 Å². The highest BCUT2D eigenvalue weighted by atomic mass is 32.1. The Kier molecular flexibility index (Phi) is 5.20. The third kappa shape index (κ3) is 4.20. The zero-order valence-corrected chi connectivity index (χ0v) is 12.7. The van der Waals surface area contributed by atoms with E-state index in [0.717, 1.165) is 10.8 Å². The molecule has 0 amide bonds. The molecule has 0 bridgehead atoms. The van der Waals surface area contributed by atoms with Crippen LogP contribution in [0.4, 0.5) is 5.69 Å². The molecular weight excluding hydrogens is 252 g/mol. The van der Waals surface area contributed by atoms with E-state index >= 15 is 0 Å². The minimum Gasteiger partial charge on any atom is -0.360 e. The van der Waals surface area contributed by atoms with Gasteiger partial charge in [-0.2, -0.15) is 0 Å². The van der Waals surface area contributed by atoms with Crippen molar-refractivity contribution in [3.05, 3.63) is 29.8 Å². The molecule has 104 valence electrons. The molecule has 2 rings (SSSR count). The summed E-state index contributed by atoms with van der Waals surface area (Å²) in [5.74, 6) is 0.623. The Hall–Kier alpha value is -1.09. The third-order valence-electron chi connectivity index (χ3n) is 4.04. The van der Waals surface area contributed by atoms with Crippen LogP contribution in [0.25, 0.3) is 0 Å². The van der Waals surface area contributed by atoms with E-state index in [-0.39, 0.29) is 0 Å². The zero-order chi connectivity index (χ0) is 13.7. The lowest BCUT2D eigenvalue weighted by atomic mass is 9.99. The molecule has 1 aromatic rings. The summed E-state index contributed by atoms with van der Waals surface area (Å²) in [6, 6.07) is 9.18. The lowest BCUT2D eigenvalue weighted by Gasteiger charge is -2.16. The van der Waals surface area contributed by atoms with E-state index in [1.54, 1.807) is 0 Å². The second-order valence-corrected chi connectivity index (χ2v) is 5.92. The van der Waals surface area contributed by atoms with Crippen molar-refractivity contribution in [2.45, 2.75) is 57.9 Å². The lowest BCUT2D eigenvalue weighted by Crippen LogP contribution is -2.35. The van der Waals surface area contributed by atoms with Crippen LogP contribution >= 0.6 is 12.2 Å². The van der Waals surface area contributed by atoms with Gasteiger partial charge in [-0.15, -0.1) is 0 Å². The predicted octanol–water partition coefficient (Wildman–Crippen LogP) is 4.43. The first-order valence-corrected chi connectivity index (χ1v) is 7.77. The quantitative estimate of drug-likeness (QED) is 0.796. The van der Waals surface area contributed by atoms with Gasteiger partial charge in [0.2, 0.25) is 0 Å². The number of hydrogen-bond donors (Lipinski definition) is 2. The lowest BCUT2D eigenvalue weighted by molar-refractivity contribution is 0.634. The van der Waals surface area contributed by atoms with Gasteiger partial charge in [-0.05, 0) is 55.1 Å². The van der Waals surface area contributed by atoms with Gasteiger partial charge < -0.3 is 10.6 Å². The van der Waals surface area contributed by atoms with Crippen molar-refractivity contribution in [1.29, 1.82) is 0 Å². The van der Waals surface area contributed by atoms with Gasteiger partial charge >= 0.3 is 0 Å². The van der Waals surface area contributed by atoms with Crippen molar-refractivity contribution >= 4 is 23.0 Å². The number of benzene rings is 1. The van der Waals surface area contributed by atoms with E-state index in [4.69, 9.17) is 12.2 Å². The summed E-state index contributed by atoms with van der Waals surface area (Å²) in [4.78, 5) is 0. The Balaban J connectivity index is 1.86. The van der Waals surface area contributed by atoms with E-state index in [1.165, 1.54) is 37.7 Å². The average molecular weight is 276 g/mol. The van der Waals surface area contributed by atoms with E-state index < -0.39 is 0 Å². The molecule has 0 heterocycles. The number of nitrogens with one attached hydrogen (secondary N) is 2. The summed E-state index contributed by atoms with van der Waals surface area (Å²) >= 11 is 5.36. The first-order valence-electron chi connectivity index (χ1n) is 7.36. The maximum absolute atomic E-state index is 5.36. The fourth-order valence-corrected chi connectivity index (χ4v) is 2.84. The first kappa shape index (κ1) is 14.3. The Morgan fingerprint density at radius 3 is 2.47 bits per heavy atom. The molecule has 3 heteroatoms. The fourth-order valence-electron chi connectivity index (χ4n) is 2.55. The number of anilines is 1. The molecular formula is C16H24N2S. The summed E-state index contributed by atoms with van der Waals surface area (Å²) < 4.78 is 0. The molecule has 1 aliphatic carbocycles. The van der Waals surface area contributed by atoms with Crippen LogP contribution in [0.3, 0.4) is 0 Å². The van der Waals surface area contributed by atoms with Gasteiger partial charge in [0.05, 0.1) is 0 Å². The van der Waals surface area contributed by atoms with E-state index in [0.29, 0.717) is 12.0 Å². The zero-order valence-electron chi connectivity index (χ0n) is 11.9. The Morgan fingerprint density at radius 1 is 1.26 bits per heavy atom. The molecule has 1 atom stereocenters. The molecule has 2 N–H and O–H groups in total. The van der Waals surface area contributed by atoms with Crippen LogP contribution in [0.15, 0.2) is 24.3 Å². The Bertz CT molecular complexity index is 407. The molecule has 19 heavy (non-hydrogen) atoms. The van der Waals surface area contributed by atoms with Crippen LogP contribution < -0.4 is 10.6 Å². The highest BCUT2D eigenvalue weighted by Crippen LogP contribution is 2.21. The molecule has 1 unspecified atom stereocenters. The molecule has 0 spiro atoms. The number of hydrogen-bond acceptors (Lipinski definition) is 1. The molecule has 1 aromatic carbocycles. The maximum Gasteiger partial charge on any atom is 0.170 e. The highest BCUT2D eigenvalue weighted by molar-refractivity contribution is 7.80. The van der Waals surface area contributed by atoms with Gasteiger partial charge in [0.1, 0.15) is 0 Å². The van der Waals surface area contributed by atoms with Crippen LogP contribution in [-0.4, -0.2) is 11.2 Å². The molecule has 0 aromatic heterocycles. The van der Waals surface area contributed by atoms with Gasteiger partial charge in [0.15, 0.2) is 5.11 Å². The van der Waals surface area contributed by atoms with Crippen molar-refractivity contribution in [2.75, 3.05) is 5.32 Å². The van der Waals surface area contributed by atoms with Crippen molar-refractivity contribution in [1.82, 2.24) is 5.32 Å². The first-order chi connectivity index (χ1) is 9.19. The minimum absolute atomic E-state index is 0.569. The summed E-state index contributed by atoms with van der Waals surface area (Å²) in [6.45, 7) is 4.48. The minimum atomic E-state index is 0.569. The van der Waals surface area contributed by atoms with Crippen LogP contribution in [0.2, 0.25) is 0 Å². The van der Waals surface area contributed by atoms with E-state index in [2.05, 4.69) is 48.7 Å². The van der Waals surface area contributed by atoms with Crippen LogP contribution in [0.5, 0.6) is 0 Å². The van der Waals surface area contributed by atoms with Crippen molar-refractivity contribution in [2.24, 2.45) is 0 Å². The maximum atomic E-state index is 5.36. The van der Waals surface area contributed by atoms with Gasteiger partial charge in [0, 0.05) is 11.7 Å². The van der Waals surface area contributed by atoms with Gasteiger partial charge in [-0.3, -0.25) is 0 Å². The van der Waals surface area contributed by atoms with E-state index in [1.807, 2.05) is 0 Å². The smallest absolute Gasteiger partial charge is 0.170 e. The molecule has 0 radical (unpaired) electrons. The molecule has 1 aliphatic rings. The standard InChI is InChI=1S/C16H24N2S/c1-3-12(2)13-8-10-15(11-9-13)18-16(19)17-14-6-4-5-7-14/h8-12,14H,3-7H2,1-2H3,(H2,17,18,19). The molecule has 1 fully saturated rings. The molecule has 0 aliphatic heterocycles. The van der Waals surface area contributed by atoms with E-state index in [9.17, 15) is 0 Å². The summed E-state index contributed by atoms with van der Waals surface area (Å²) in [6.07, 6.45) is 6.31. The van der Waals surface area contributed by atoms with Crippen LogP contribution in [0.1, 0.15) is 57.4 Å². The Morgan fingerprint density at radius 2 is 1.89 bits per heavy atom.